The molecule has 1 aromatic carbocycles. The van der Waals surface area contributed by atoms with Gasteiger partial charge in [-0.05, 0) is 38.5 Å². The van der Waals surface area contributed by atoms with Crippen LogP contribution in [0, 0.1) is 0 Å². The first-order chi connectivity index (χ1) is 7.49. The zero-order chi connectivity index (χ0) is 12.1. The monoisotopic (exact) mass is 221 g/mol. The van der Waals surface area contributed by atoms with Gasteiger partial charge in [-0.15, -0.1) is 0 Å². The molecule has 3 nitrogen and oxygen atoms in total. The average molecular weight is 221 g/mol. The number of ether oxygens (including phenoxy) is 1. The summed E-state index contributed by atoms with van der Waals surface area (Å²) in [7, 11) is 0. The molecule has 0 aliphatic carbocycles. The summed E-state index contributed by atoms with van der Waals surface area (Å²) in [5.41, 5.74) is 6.85. The molecule has 16 heavy (non-hydrogen) atoms. The van der Waals surface area contributed by atoms with Gasteiger partial charge in [0.15, 0.2) is 0 Å². The van der Waals surface area contributed by atoms with Gasteiger partial charge in [0.1, 0.15) is 11.5 Å². The van der Waals surface area contributed by atoms with Crippen LogP contribution in [0.2, 0.25) is 0 Å². The van der Waals surface area contributed by atoms with E-state index in [4.69, 9.17) is 10.5 Å². The minimum atomic E-state index is -0.217. The number of ketones is 1. The van der Waals surface area contributed by atoms with Crippen molar-refractivity contribution in [2.24, 2.45) is 5.73 Å². The summed E-state index contributed by atoms with van der Waals surface area (Å²) in [4.78, 5) is 10.9. The maximum atomic E-state index is 10.9. The smallest absolute Gasteiger partial charge is 0.131 e. The van der Waals surface area contributed by atoms with Crippen molar-refractivity contribution in [2.75, 3.05) is 0 Å². The second-order valence-electron chi connectivity index (χ2n) is 4.25. The third kappa shape index (κ3) is 4.03. The van der Waals surface area contributed by atoms with E-state index in [0.717, 1.165) is 11.3 Å². The van der Waals surface area contributed by atoms with Gasteiger partial charge in [-0.3, -0.25) is 4.79 Å². The lowest BCUT2D eigenvalue weighted by molar-refractivity contribution is -0.117. The summed E-state index contributed by atoms with van der Waals surface area (Å²) >= 11 is 0. The lowest BCUT2D eigenvalue weighted by Gasteiger charge is -2.13. The molecule has 1 atom stereocenters. The summed E-state index contributed by atoms with van der Waals surface area (Å²) in [5, 5.41) is 0. The van der Waals surface area contributed by atoms with Crippen molar-refractivity contribution < 1.29 is 9.53 Å². The second-order valence-corrected chi connectivity index (χ2v) is 4.25. The minimum Gasteiger partial charge on any atom is -0.491 e. The van der Waals surface area contributed by atoms with Gasteiger partial charge in [-0.25, -0.2) is 0 Å². The maximum absolute atomic E-state index is 10.9. The molecule has 88 valence electrons. The number of nitrogens with two attached hydrogens (primary N) is 1. The average Bonchev–Trinajstić information content (AvgIpc) is 2.16. The molecule has 0 saturated heterocycles. The van der Waals surface area contributed by atoms with Crippen LogP contribution in [-0.4, -0.2) is 11.9 Å². The summed E-state index contributed by atoms with van der Waals surface area (Å²) in [6.45, 7) is 5.51. The molecular weight excluding hydrogens is 202 g/mol. The van der Waals surface area contributed by atoms with Crippen LogP contribution < -0.4 is 10.5 Å². The van der Waals surface area contributed by atoms with Gasteiger partial charge < -0.3 is 10.5 Å². The fourth-order valence-electron chi connectivity index (χ4n) is 1.49. The van der Waals surface area contributed by atoms with Crippen LogP contribution in [0.5, 0.6) is 5.75 Å². The van der Waals surface area contributed by atoms with E-state index in [1.54, 1.807) is 6.92 Å². The lowest BCUT2D eigenvalue weighted by Crippen LogP contribution is -2.13. The summed E-state index contributed by atoms with van der Waals surface area (Å²) < 4.78 is 5.52. The summed E-state index contributed by atoms with van der Waals surface area (Å²) in [6, 6.07) is 7.37. The number of hydrogen-bond acceptors (Lipinski definition) is 3. The standard InChI is InChI=1S/C13H19NO2/c1-9(2)16-12-6-4-11(5-7-12)13(14)8-10(3)15/h4-7,9,13H,8,14H2,1-3H3. The second kappa shape index (κ2) is 5.66. The maximum Gasteiger partial charge on any atom is 0.131 e. The Balaban J connectivity index is 2.66. The molecule has 0 amide bonds. The third-order valence-electron chi connectivity index (χ3n) is 2.19. The number of carbonyl (C=O) groups excluding carboxylic acids is 1. The van der Waals surface area contributed by atoms with Gasteiger partial charge in [0, 0.05) is 12.5 Å². The Morgan fingerprint density at radius 3 is 2.31 bits per heavy atom. The highest BCUT2D eigenvalue weighted by molar-refractivity contribution is 5.76. The van der Waals surface area contributed by atoms with Gasteiger partial charge >= 0.3 is 0 Å². The van der Waals surface area contributed by atoms with Crippen LogP contribution in [-0.2, 0) is 4.79 Å². The van der Waals surface area contributed by atoms with E-state index in [2.05, 4.69) is 0 Å². The third-order valence-corrected chi connectivity index (χ3v) is 2.19. The Hall–Kier alpha value is -1.35. The van der Waals surface area contributed by atoms with Crippen molar-refractivity contribution in [3.05, 3.63) is 29.8 Å². The predicted molar refractivity (Wildman–Crippen MR) is 64.4 cm³/mol. The molecule has 0 aliphatic heterocycles. The molecule has 0 heterocycles. The molecule has 1 aromatic rings. The van der Waals surface area contributed by atoms with Gasteiger partial charge in [0.05, 0.1) is 6.10 Å². The van der Waals surface area contributed by atoms with Crippen LogP contribution in [0.1, 0.15) is 38.8 Å². The van der Waals surface area contributed by atoms with E-state index >= 15 is 0 Å². The van der Waals surface area contributed by atoms with Crippen molar-refractivity contribution >= 4 is 5.78 Å². The van der Waals surface area contributed by atoms with E-state index in [1.165, 1.54) is 0 Å². The molecule has 1 unspecified atom stereocenters. The Morgan fingerprint density at radius 2 is 1.88 bits per heavy atom. The SMILES string of the molecule is CC(=O)CC(N)c1ccc(OC(C)C)cc1. The van der Waals surface area contributed by atoms with E-state index in [-0.39, 0.29) is 17.9 Å². The van der Waals surface area contributed by atoms with Crippen LogP contribution in [0.3, 0.4) is 0 Å². The van der Waals surface area contributed by atoms with E-state index in [1.807, 2.05) is 38.1 Å². The molecule has 0 saturated carbocycles. The molecule has 0 fully saturated rings. The number of Topliss-reactive ketones (excluding diaryl/α,β-unsaturated/α-hetero) is 1. The topological polar surface area (TPSA) is 52.3 Å². The Morgan fingerprint density at radius 1 is 1.31 bits per heavy atom. The van der Waals surface area contributed by atoms with Gasteiger partial charge in [0.25, 0.3) is 0 Å². The summed E-state index contributed by atoms with van der Waals surface area (Å²) in [5.74, 6) is 0.934. The van der Waals surface area contributed by atoms with Crippen molar-refractivity contribution in [3.63, 3.8) is 0 Å². The predicted octanol–water partition coefficient (Wildman–Crippen LogP) is 2.45. The molecule has 0 radical (unpaired) electrons. The number of carbonyl (C=O) groups is 1. The van der Waals surface area contributed by atoms with Crippen LogP contribution >= 0.6 is 0 Å². The molecule has 0 aromatic heterocycles. The molecule has 0 aliphatic rings. The Kier molecular flexibility index (Phi) is 4.50. The zero-order valence-electron chi connectivity index (χ0n) is 10.1. The largest absolute Gasteiger partial charge is 0.491 e. The van der Waals surface area contributed by atoms with Crippen molar-refractivity contribution in [1.82, 2.24) is 0 Å². The first kappa shape index (κ1) is 12.7. The molecule has 3 heteroatoms. The highest BCUT2D eigenvalue weighted by Gasteiger charge is 2.08. The normalized spacial score (nSPS) is 12.6. The first-order valence-electron chi connectivity index (χ1n) is 5.50. The molecular formula is C13H19NO2. The number of hydrogen-bond donors (Lipinski definition) is 1. The Labute approximate surface area is 96.6 Å². The van der Waals surface area contributed by atoms with Gasteiger partial charge in [-0.2, -0.15) is 0 Å². The van der Waals surface area contributed by atoms with E-state index in [0.29, 0.717) is 6.42 Å². The molecule has 0 bridgehead atoms. The fraction of sp³-hybridized carbons (Fsp3) is 0.462. The first-order valence-corrected chi connectivity index (χ1v) is 5.50. The molecule has 1 rings (SSSR count). The highest BCUT2D eigenvalue weighted by atomic mass is 16.5. The van der Waals surface area contributed by atoms with Crippen molar-refractivity contribution in [1.29, 1.82) is 0 Å². The van der Waals surface area contributed by atoms with Crippen LogP contribution in [0.15, 0.2) is 24.3 Å². The Bertz CT molecular complexity index is 343. The minimum absolute atomic E-state index is 0.106. The van der Waals surface area contributed by atoms with E-state index in [9.17, 15) is 4.79 Å². The lowest BCUT2D eigenvalue weighted by atomic mass is 10.0. The molecule has 0 spiro atoms. The quantitative estimate of drug-likeness (QED) is 0.831. The van der Waals surface area contributed by atoms with Crippen LogP contribution in [0.4, 0.5) is 0 Å². The van der Waals surface area contributed by atoms with Gasteiger partial charge in [-0.1, -0.05) is 12.1 Å². The van der Waals surface area contributed by atoms with Crippen molar-refractivity contribution in [3.8, 4) is 5.75 Å². The van der Waals surface area contributed by atoms with Crippen molar-refractivity contribution in [2.45, 2.75) is 39.3 Å². The van der Waals surface area contributed by atoms with Crippen LogP contribution in [0.25, 0.3) is 0 Å². The fourth-order valence-corrected chi connectivity index (χ4v) is 1.49. The molecule has 2 N–H and O–H groups in total. The number of benzene rings is 1. The van der Waals surface area contributed by atoms with E-state index < -0.39 is 0 Å². The number of rotatable bonds is 5. The highest BCUT2D eigenvalue weighted by Crippen LogP contribution is 2.19. The summed E-state index contributed by atoms with van der Waals surface area (Å²) in [6.07, 6.45) is 0.543. The van der Waals surface area contributed by atoms with Gasteiger partial charge in [0.2, 0.25) is 0 Å². The zero-order valence-corrected chi connectivity index (χ0v) is 10.1.